The average Bonchev–Trinajstić information content (AvgIpc) is 3.31. The van der Waals surface area contributed by atoms with Gasteiger partial charge < -0.3 is 20.4 Å². The van der Waals surface area contributed by atoms with Gasteiger partial charge in [0.25, 0.3) is 0 Å². The zero-order chi connectivity index (χ0) is 24.8. The molecule has 0 unspecified atom stereocenters. The number of nitrogens with zero attached hydrogens (tertiary/aromatic N) is 3. The lowest BCUT2D eigenvalue weighted by Crippen LogP contribution is -2.50. The molecule has 1 saturated heterocycles. The summed E-state index contributed by atoms with van der Waals surface area (Å²) in [7, 11) is 3.17. The molecule has 9 heteroatoms. The summed E-state index contributed by atoms with van der Waals surface area (Å²) in [5, 5.41) is 5.52. The Bertz CT molecular complexity index is 1030. The molecule has 2 atom stereocenters. The molecule has 1 fully saturated rings. The average molecular weight is 470 g/mol. The first-order chi connectivity index (χ1) is 16.2. The number of benzene rings is 1. The topological polar surface area (TPSA) is 94.6 Å². The van der Waals surface area contributed by atoms with Crippen LogP contribution in [0.3, 0.4) is 0 Å². The Kier molecular flexibility index (Phi) is 8.20. The molecule has 0 saturated carbocycles. The molecule has 1 aliphatic heterocycles. The molecule has 182 valence electrons. The molecule has 1 aliphatic rings. The fraction of sp³-hybridized carbons (Fsp3) is 0.440. The summed E-state index contributed by atoms with van der Waals surface area (Å²) in [5.74, 6) is -1.24. The molecule has 0 bridgehead atoms. The van der Waals surface area contributed by atoms with Gasteiger partial charge in [0.05, 0.1) is 18.3 Å². The van der Waals surface area contributed by atoms with E-state index in [1.165, 1.54) is 9.80 Å². The molecule has 4 amide bonds. The van der Waals surface area contributed by atoms with E-state index < -0.39 is 18.0 Å². The van der Waals surface area contributed by atoms with Crippen molar-refractivity contribution < 1.29 is 18.8 Å². The Morgan fingerprint density at radius 2 is 1.85 bits per heavy atom. The van der Waals surface area contributed by atoms with Gasteiger partial charge in [-0.1, -0.05) is 50.2 Å². The van der Waals surface area contributed by atoms with E-state index in [0.717, 1.165) is 5.56 Å². The van der Waals surface area contributed by atoms with Gasteiger partial charge in [-0.3, -0.25) is 9.59 Å². The lowest BCUT2D eigenvalue weighted by molar-refractivity contribution is -0.137. The number of hydrogen-bond acceptors (Lipinski definition) is 4. The van der Waals surface area contributed by atoms with Crippen molar-refractivity contribution in [1.82, 2.24) is 25.4 Å². The van der Waals surface area contributed by atoms with Crippen molar-refractivity contribution in [2.24, 2.45) is 0 Å². The van der Waals surface area contributed by atoms with E-state index in [-0.39, 0.29) is 30.3 Å². The van der Waals surface area contributed by atoms with Crippen LogP contribution in [0.2, 0.25) is 0 Å². The van der Waals surface area contributed by atoms with Crippen molar-refractivity contribution in [3.63, 3.8) is 0 Å². The van der Waals surface area contributed by atoms with Crippen LogP contribution in [0.1, 0.15) is 55.5 Å². The van der Waals surface area contributed by atoms with Gasteiger partial charge in [-0.2, -0.15) is 4.39 Å². The molecule has 2 heterocycles. The number of rotatable bonds is 7. The summed E-state index contributed by atoms with van der Waals surface area (Å²) in [6.45, 7) is 4.03. The van der Waals surface area contributed by atoms with E-state index in [2.05, 4.69) is 15.6 Å². The summed E-state index contributed by atoms with van der Waals surface area (Å²) in [6.07, 6.45) is 1.19. The van der Waals surface area contributed by atoms with E-state index in [1.807, 2.05) is 44.2 Å². The van der Waals surface area contributed by atoms with E-state index in [9.17, 15) is 18.8 Å². The maximum Gasteiger partial charge on any atom is 0.317 e. The highest BCUT2D eigenvalue weighted by molar-refractivity contribution is 5.90. The van der Waals surface area contributed by atoms with Crippen molar-refractivity contribution in [2.45, 2.75) is 44.7 Å². The predicted octanol–water partition coefficient (Wildman–Crippen LogP) is 2.81. The lowest BCUT2D eigenvalue weighted by atomic mass is 9.99. The maximum atomic E-state index is 14.7. The number of pyridine rings is 1. The molecule has 0 spiro atoms. The summed E-state index contributed by atoms with van der Waals surface area (Å²) >= 11 is 0. The minimum absolute atomic E-state index is 0.0163. The summed E-state index contributed by atoms with van der Waals surface area (Å²) in [6, 6.07) is 10.9. The van der Waals surface area contributed by atoms with Gasteiger partial charge in [0.1, 0.15) is 6.04 Å². The molecule has 1 aromatic carbocycles. The summed E-state index contributed by atoms with van der Waals surface area (Å²) in [5.41, 5.74) is 1.65. The second-order valence-corrected chi connectivity index (χ2v) is 8.92. The molecule has 3 rings (SSSR count). The monoisotopic (exact) mass is 469 g/mol. The van der Waals surface area contributed by atoms with Crippen LogP contribution in [0.15, 0.2) is 42.5 Å². The summed E-state index contributed by atoms with van der Waals surface area (Å²) < 4.78 is 14.7. The van der Waals surface area contributed by atoms with Crippen LogP contribution < -0.4 is 10.6 Å². The van der Waals surface area contributed by atoms with Gasteiger partial charge in [-0.05, 0) is 30.4 Å². The molecular weight excluding hydrogens is 437 g/mol. The molecule has 8 nitrogen and oxygen atoms in total. The van der Waals surface area contributed by atoms with Crippen molar-refractivity contribution >= 4 is 17.8 Å². The fourth-order valence-corrected chi connectivity index (χ4v) is 4.01. The zero-order valence-corrected chi connectivity index (χ0v) is 20.0. The zero-order valence-electron chi connectivity index (χ0n) is 20.0. The number of nitrogens with one attached hydrogen (secondary N) is 2. The maximum absolute atomic E-state index is 14.7. The van der Waals surface area contributed by atoms with Crippen molar-refractivity contribution in [3.8, 4) is 0 Å². The lowest BCUT2D eigenvalue weighted by Gasteiger charge is -2.27. The van der Waals surface area contributed by atoms with Gasteiger partial charge in [0.2, 0.25) is 17.8 Å². The van der Waals surface area contributed by atoms with Crippen LogP contribution in [-0.4, -0.2) is 65.9 Å². The van der Waals surface area contributed by atoms with Crippen LogP contribution in [0.25, 0.3) is 0 Å². The smallest absolute Gasteiger partial charge is 0.317 e. The highest BCUT2D eigenvalue weighted by Gasteiger charge is 2.35. The van der Waals surface area contributed by atoms with Gasteiger partial charge >= 0.3 is 6.03 Å². The van der Waals surface area contributed by atoms with E-state index in [1.54, 1.807) is 26.2 Å². The first-order valence-corrected chi connectivity index (χ1v) is 11.4. The Labute approximate surface area is 199 Å². The van der Waals surface area contributed by atoms with Gasteiger partial charge in [-0.15, -0.1) is 0 Å². The number of urea groups is 1. The van der Waals surface area contributed by atoms with Crippen LogP contribution in [0.4, 0.5) is 9.18 Å². The number of carbonyl (C=O) groups is 3. The number of aromatic nitrogens is 1. The standard InChI is InChI=1S/C25H32FN5O3/c1-16(2)18-12-13-19(28-23(18)26)22(17-9-6-5-7-10-17)29-24(33)20-11-8-14-31(20)21(32)15-27-25(34)30(3)4/h5-7,9-10,12-13,16,20,22H,8,11,14-15H2,1-4H3,(H,27,34)(H,29,33)/t20-,22-/m0/s1. The Hall–Kier alpha value is -3.49. The number of likely N-dealkylation sites (tertiary alicyclic amines) is 1. The van der Waals surface area contributed by atoms with Crippen LogP contribution in [-0.2, 0) is 9.59 Å². The Morgan fingerprint density at radius 3 is 2.47 bits per heavy atom. The van der Waals surface area contributed by atoms with Gasteiger partial charge in [-0.25, -0.2) is 9.78 Å². The third kappa shape index (κ3) is 5.89. The van der Waals surface area contributed by atoms with Crippen molar-refractivity contribution in [1.29, 1.82) is 0 Å². The number of halogens is 1. The number of hydrogen-bond donors (Lipinski definition) is 2. The third-order valence-corrected chi connectivity index (χ3v) is 5.91. The quantitative estimate of drug-likeness (QED) is 0.610. The van der Waals surface area contributed by atoms with Crippen molar-refractivity contribution in [2.75, 3.05) is 27.2 Å². The molecular formula is C25H32FN5O3. The van der Waals surface area contributed by atoms with Crippen molar-refractivity contribution in [3.05, 3.63) is 65.2 Å². The van der Waals surface area contributed by atoms with Gasteiger partial charge in [0.15, 0.2) is 0 Å². The molecule has 2 N–H and O–H groups in total. The highest BCUT2D eigenvalue weighted by Crippen LogP contribution is 2.26. The Morgan fingerprint density at radius 1 is 1.15 bits per heavy atom. The highest BCUT2D eigenvalue weighted by atomic mass is 19.1. The fourth-order valence-electron chi connectivity index (χ4n) is 4.01. The largest absolute Gasteiger partial charge is 0.342 e. The molecule has 34 heavy (non-hydrogen) atoms. The van der Waals surface area contributed by atoms with Gasteiger partial charge in [0, 0.05) is 26.2 Å². The minimum atomic E-state index is -0.672. The van der Waals surface area contributed by atoms with Crippen LogP contribution in [0.5, 0.6) is 0 Å². The molecule has 2 aromatic rings. The summed E-state index contributed by atoms with van der Waals surface area (Å²) in [4.78, 5) is 44.8. The molecule has 0 radical (unpaired) electrons. The van der Waals surface area contributed by atoms with E-state index >= 15 is 0 Å². The Balaban J connectivity index is 1.80. The first-order valence-electron chi connectivity index (χ1n) is 11.4. The minimum Gasteiger partial charge on any atom is -0.342 e. The normalized spacial score (nSPS) is 16.3. The number of amides is 4. The first kappa shape index (κ1) is 25.1. The second-order valence-electron chi connectivity index (χ2n) is 8.92. The van der Waals surface area contributed by atoms with E-state index in [4.69, 9.17) is 0 Å². The van der Waals surface area contributed by atoms with E-state index in [0.29, 0.717) is 30.6 Å². The second kappa shape index (κ2) is 11.1. The molecule has 0 aliphatic carbocycles. The SMILES string of the molecule is CC(C)c1ccc([C@@H](NC(=O)[C@@H]2CCCN2C(=O)CNC(=O)N(C)C)c2ccccc2)nc1F. The third-order valence-electron chi connectivity index (χ3n) is 5.91. The molecule has 1 aromatic heterocycles. The van der Waals surface area contributed by atoms with Crippen LogP contribution >= 0.6 is 0 Å². The number of carbonyl (C=O) groups excluding carboxylic acids is 3. The van der Waals surface area contributed by atoms with Crippen LogP contribution in [0, 0.1) is 5.95 Å². The predicted molar refractivity (Wildman–Crippen MR) is 127 cm³/mol.